The third kappa shape index (κ3) is 4.42. The fourth-order valence-corrected chi connectivity index (χ4v) is 2.42. The minimum Gasteiger partial charge on any atom is -0.452 e. The Balaban J connectivity index is 2.12. The van der Waals surface area contributed by atoms with Gasteiger partial charge >= 0.3 is 5.97 Å². The predicted octanol–water partition coefficient (Wildman–Crippen LogP) is 2.92. The molecule has 0 aliphatic carbocycles. The quantitative estimate of drug-likeness (QED) is 0.466. The van der Waals surface area contributed by atoms with Crippen molar-refractivity contribution in [2.75, 3.05) is 11.9 Å². The normalized spacial score (nSPS) is 10.1. The zero-order chi connectivity index (χ0) is 20.1. The number of nitrogens with zero attached hydrogens (tertiary/aromatic N) is 2. The van der Waals surface area contributed by atoms with Gasteiger partial charge in [0.15, 0.2) is 6.61 Å². The van der Waals surface area contributed by atoms with Crippen LogP contribution in [0.3, 0.4) is 0 Å². The van der Waals surface area contributed by atoms with E-state index in [4.69, 9.17) is 4.74 Å². The van der Waals surface area contributed by atoms with Crippen molar-refractivity contribution in [2.24, 2.45) is 0 Å². The first-order valence-electron chi connectivity index (χ1n) is 7.67. The molecule has 0 aromatic heterocycles. The number of nitro benzene ring substituents is 2. The third-order valence-electron chi connectivity index (χ3n) is 3.69. The Labute approximate surface area is 153 Å². The van der Waals surface area contributed by atoms with E-state index in [1.54, 1.807) is 13.0 Å². The molecule has 10 heteroatoms. The molecule has 0 saturated heterocycles. The molecule has 0 radical (unpaired) electrons. The van der Waals surface area contributed by atoms with Crippen LogP contribution in [0.5, 0.6) is 0 Å². The van der Waals surface area contributed by atoms with Crippen molar-refractivity contribution in [3.63, 3.8) is 0 Å². The van der Waals surface area contributed by atoms with Crippen LogP contribution in [-0.2, 0) is 9.53 Å². The van der Waals surface area contributed by atoms with Crippen LogP contribution in [0.1, 0.15) is 21.5 Å². The summed E-state index contributed by atoms with van der Waals surface area (Å²) >= 11 is 0. The number of aryl methyl sites for hydroxylation is 2. The molecule has 0 bridgehead atoms. The van der Waals surface area contributed by atoms with Gasteiger partial charge in [-0.3, -0.25) is 25.0 Å². The highest BCUT2D eigenvalue weighted by Crippen LogP contribution is 2.27. The maximum Gasteiger partial charge on any atom is 0.345 e. The monoisotopic (exact) mass is 373 g/mol. The van der Waals surface area contributed by atoms with Crippen molar-refractivity contribution in [3.8, 4) is 0 Å². The van der Waals surface area contributed by atoms with E-state index in [1.807, 2.05) is 0 Å². The number of nitro groups is 2. The predicted molar refractivity (Wildman–Crippen MR) is 94.6 cm³/mol. The number of rotatable bonds is 6. The maximum absolute atomic E-state index is 12.1. The molecule has 0 fully saturated rings. The molecule has 0 spiro atoms. The van der Waals surface area contributed by atoms with Crippen LogP contribution >= 0.6 is 0 Å². The molecule has 2 rings (SSSR count). The average molecular weight is 373 g/mol. The Morgan fingerprint density at radius 1 is 1.00 bits per heavy atom. The molecule has 2 aromatic rings. The molecule has 0 saturated carbocycles. The molecule has 140 valence electrons. The molecule has 0 unspecified atom stereocenters. The lowest BCUT2D eigenvalue weighted by molar-refractivity contribution is -0.385. The largest absolute Gasteiger partial charge is 0.452 e. The van der Waals surface area contributed by atoms with E-state index < -0.39 is 34.0 Å². The van der Waals surface area contributed by atoms with Crippen LogP contribution in [0.2, 0.25) is 0 Å². The molecule has 10 nitrogen and oxygen atoms in total. The summed E-state index contributed by atoms with van der Waals surface area (Å²) in [6.07, 6.45) is 0. The first kappa shape index (κ1) is 19.5. The number of carbonyl (C=O) groups excluding carboxylic acids is 2. The van der Waals surface area contributed by atoms with Crippen molar-refractivity contribution in [2.45, 2.75) is 13.8 Å². The van der Waals surface area contributed by atoms with Crippen LogP contribution in [0.15, 0.2) is 36.4 Å². The lowest BCUT2D eigenvalue weighted by atomic mass is 10.1. The molecule has 0 atom stereocenters. The molecule has 0 heterocycles. The van der Waals surface area contributed by atoms with E-state index in [2.05, 4.69) is 5.32 Å². The summed E-state index contributed by atoms with van der Waals surface area (Å²) in [5.41, 5.74) is -0.270. The highest BCUT2D eigenvalue weighted by molar-refractivity contribution is 5.99. The van der Waals surface area contributed by atoms with E-state index in [1.165, 1.54) is 37.3 Å². The lowest BCUT2D eigenvalue weighted by Crippen LogP contribution is -2.22. The lowest BCUT2D eigenvalue weighted by Gasteiger charge is -2.10. The second kappa shape index (κ2) is 8.04. The Morgan fingerprint density at radius 3 is 2.26 bits per heavy atom. The Morgan fingerprint density at radius 2 is 1.63 bits per heavy atom. The van der Waals surface area contributed by atoms with Crippen molar-refractivity contribution in [1.82, 2.24) is 0 Å². The fourth-order valence-electron chi connectivity index (χ4n) is 2.42. The molecule has 1 N–H and O–H groups in total. The van der Waals surface area contributed by atoms with Gasteiger partial charge in [0.2, 0.25) is 0 Å². The van der Waals surface area contributed by atoms with Crippen molar-refractivity contribution in [3.05, 3.63) is 73.3 Å². The van der Waals surface area contributed by atoms with Crippen molar-refractivity contribution in [1.29, 1.82) is 0 Å². The van der Waals surface area contributed by atoms with Crippen LogP contribution in [0.25, 0.3) is 0 Å². The number of benzene rings is 2. The number of carbonyl (C=O) groups is 2. The van der Waals surface area contributed by atoms with Gasteiger partial charge in [-0.15, -0.1) is 0 Å². The van der Waals surface area contributed by atoms with Crippen molar-refractivity contribution >= 4 is 28.9 Å². The van der Waals surface area contributed by atoms with Gasteiger partial charge in [-0.25, -0.2) is 4.79 Å². The first-order chi connectivity index (χ1) is 12.7. The molecule has 27 heavy (non-hydrogen) atoms. The van der Waals surface area contributed by atoms with Crippen LogP contribution in [0.4, 0.5) is 17.1 Å². The number of amides is 1. The fraction of sp³-hybridized carbons (Fsp3) is 0.176. The Kier molecular flexibility index (Phi) is 5.81. The smallest absolute Gasteiger partial charge is 0.345 e. The topological polar surface area (TPSA) is 142 Å². The number of nitrogens with one attached hydrogen (secondary N) is 1. The summed E-state index contributed by atoms with van der Waals surface area (Å²) in [4.78, 5) is 44.9. The van der Waals surface area contributed by atoms with E-state index >= 15 is 0 Å². The number of para-hydroxylation sites is 2. The zero-order valence-corrected chi connectivity index (χ0v) is 14.4. The van der Waals surface area contributed by atoms with Gasteiger partial charge in [-0.2, -0.15) is 0 Å². The Bertz CT molecular complexity index is 940. The minimum absolute atomic E-state index is 0.00918. The van der Waals surface area contributed by atoms with Crippen LogP contribution in [-0.4, -0.2) is 28.3 Å². The molecular weight excluding hydrogens is 358 g/mol. The summed E-state index contributed by atoms with van der Waals surface area (Å²) in [5, 5.41) is 24.5. The molecule has 0 aliphatic heterocycles. The third-order valence-corrected chi connectivity index (χ3v) is 3.69. The van der Waals surface area contributed by atoms with Gasteiger partial charge in [0.05, 0.1) is 9.85 Å². The second-order valence-electron chi connectivity index (χ2n) is 5.58. The number of hydrogen-bond acceptors (Lipinski definition) is 7. The highest BCUT2D eigenvalue weighted by Gasteiger charge is 2.24. The molecule has 2 aromatic carbocycles. The standard InChI is InChI=1S/C17H15N3O7/c1-10-5-4-8-13(19(23)24)15(10)18-14(21)9-27-17(22)12-7-3-6-11(2)16(12)20(25)26/h3-8H,9H2,1-2H3,(H,18,21). The van der Waals surface area contributed by atoms with Gasteiger partial charge < -0.3 is 10.1 Å². The summed E-state index contributed by atoms with van der Waals surface area (Å²) < 4.78 is 4.82. The maximum atomic E-state index is 12.1. The van der Waals surface area contributed by atoms with Crippen molar-refractivity contribution < 1.29 is 24.2 Å². The van der Waals surface area contributed by atoms with Gasteiger partial charge in [0.25, 0.3) is 17.3 Å². The SMILES string of the molecule is Cc1cccc([N+](=O)[O-])c1NC(=O)COC(=O)c1cccc(C)c1[N+](=O)[O-]. The van der Waals surface area contributed by atoms with Gasteiger partial charge in [0, 0.05) is 11.6 Å². The first-order valence-corrected chi connectivity index (χ1v) is 7.67. The van der Waals surface area contributed by atoms with Gasteiger partial charge in [0.1, 0.15) is 11.3 Å². The summed E-state index contributed by atoms with van der Waals surface area (Å²) in [7, 11) is 0. The van der Waals surface area contributed by atoms with E-state index in [9.17, 15) is 29.8 Å². The number of esters is 1. The minimum atomic E-state index is -1.04. The number of hydrogen-bond donors (Lipinski definition) is 1. The zero-order valence-electron chi connectivity index (χ0n) is 14.4. The van der Waals surface area contributed by atoms with E-state index in [0.29, 0.717) is 5.56 Å². The molecular formula is C17H15N3O7. The molecule has 1 amide bonds. The highest BCUT2D eigenvalue weighted by atomic mass is 16.6. The summed E-state index contributed by atoms with van der Waals surface area (Å²) in [6.45, 7) is 2.29. The van der Waals surface area contributed by atoms with Gasteiger partial charge in [-0.1, -0.05) is 24.3 Å². The average Bonchev–Trinajstić information content (AvgIpc) is 2.60. The second-order valence-corrected chi connectivity index (χ2v) is 5.58. The number of ether oxygens (including phenoxy) is 1. The summed E-state index contributed by atoms with van der Waals surface area (Å²) in [5.74, 6) is -1.85. The Hall–Kier alpha value is -3.82. The van der Waals surface area contributed by atoms with Crippen LogP contribution < -0.4 is 5.32 Å². The molecule has 0 aliphatic rings. The van der Waals surface area contributed by atoms with E-state index in [-0.39, 0.29) is 22.5 Å². The van der Waals surface area contributed by atoms with Gasteiger partial charge in [-0.05, 0) is 25.5 Å². The number of anilines is 1. The van der Waals surface area contributed by atoms with Crippen LogP contribution in [0, 0.1) is 34.1 Å². The summed E-state index contributed by atoms with van der Waals surface area (Å²) in [6, 6.07) is 8.42. The van der Waals surface area contributed by atoms with E-state index in [0.717, 1.165) is 0 Å².